The van der Waals surface area contributed by atoms with E-state index in [1.165, 1.54) is 12.1 Å². The molecule has 9 heteroatoms. The summed E-state index contributed by atoms with van der Waals surface area (Å²) in [6.45, 7) is 0.867. The molecule has 0 unspecified atom stereocenters. The molecule has 0 aliphatic carbocycles. The summed E-state index contributed by atoms with van der Waals surface area (Å²) >= 11 is 5.81. The minimum absolute atomic E-state index is 0.0185. The fourth-order valence-electron chi connectivity index (χ4n) is 3.90. The molecule has 1 saturated heterocycles. The average Bonchev–Trinajstić information content (AvgIpc) is 2.71. The van der Waals surface area contributed by atoms with E-state index in [0.29, 0.717) is 54.4 Å². The maximum absolute atomic E-state index is 14.3. The number of nitrogens with zero attached hydrogens (tertiary/aromatic N) is 1. The molecule has 4 rings (SSSR count). The molecular formula is C21H22ClF2N3O3. The summed E-state index contributed by atoms with van der Waals surface area (Å²) in [6, 6.07) is 5.90. The van der Waals surface area contributed by atoms with Crippen molar-refractivity contribution in [3.63, 3.8) is 0 Å². The number of rotatable bonds is 4. The molecule has 4 N–H and O–H groups in total. The Morgan fingerprint density at radius 2 is 1.97 bits per heavy atom. The Morgan fingerprint density at radius 1 is 1.23 bits per heavy atom. The van der Waals surface area contributed by atoms with E-state index in [1.807, 2.05) is 4.90 Å². The van der Waals surface area contributed by atoms with E-state index in [-0.39, 0.29) is 30.3 Å². The molecule has 1 fully saturated rings. The molecule has 1 amide bonds. The number of carbonyl (C=O) groups is 1. The first kappa shape index (κ1) is 20.7. The number of nitrogens with one attached hydrogen (secondary N) is 1. The van der Waals surface area contributed by atoms with E-state index >= 15 is 0 Å². The Labute approximate surface area is 177 Å². The van der Waals surface area contributed by atoms with Crippen molar-refractivity contribution >= 4 is 34.6 Å². The summed E-state index contributed by atoms with van der Waals surface area (Å²) in [4.78, 5) is 13.5. The molecule has 160 valence electrons. The summed E-state index contributed by atoms with van der Waals surface area (Å²) in [5.41, 5.74) is 5.49. The lowest BCUT2D eigenvalue weighted by molar-refractivity contribution is -0.116. The Morgan fingerprint density at radius 3 is 2.67 bits per heavy atom. The van der Waals surface area contributed by atoms with Crippen LogP contribution in [0.2, 0.25) is 5.02 Å². The van der Waals surface area contributed by atoms with Gasteiger partial charge in [-0.1, -0.05) is 11.6 Å². The van der Waals surface area contributed by atoms with Crippen molar-refractivity contribution in [1.82, 2.24) is 0 Å². The van der Waals surface area contributed by atoms with Gasteiger partial charge in [-0.15, -0.1) is 0 Å². The van der Waals surface area contributed by atoms with Crippen LogP contribution >= 0.6 is 11.6 Å². The number of benzene rings is 2. The highest BCUT2D eigenvalue weighted by molar-refractivity contribution is 6.30. The van der Waals surface area contributed by atoms with Crippen LogP contribution < -0.4 is 20.7 Å². The van der Waals surface area contributed by atoms with E-state index in [1.54, 1.807) is 12.1 Å². The predicted molar refractivity (Wildman–Crippen MR) is 111 cm³/mol. The Hall–Kier alpha value is -2.58. The first-order chi connectivity index (χ1) is 14.3. The SMILES string of the molecule is Nc1cc(OCC2(O)CCN(c3ccc(Cl)cc3F)CC2)c2c(c1F)NC(=O)CC2. The van der Waals surface area contributed by atoms with Crippen molar-refractivity contribution in [2.75, 3.05) is 35.6 Å². The van der Waals surface area contributed by atoms with Gasteiger partial charge in [0, 0.05) is 36.2 Å². The Balaban J connectivity index is 1.44. The second-order valence-electron chi connectivity index (χ2n) is 7.78. The van der Waals surface area contributed by atoms with Gasteiger partial charge >= 0.3 is 0 Å². The van der Waals surface area contributed by atoms with Gasteiger partial charge in [-0.2, -0.15) is 0 Å². The highest BCUT2D eigenvalue weighted by Crippen LogP contribution is 2.38. The van der Waals surface area contributed by atoms with Gasteiger partial charge in [0.2, 0.25) is 5.91 Å². The summed E-state index contributed by atoms with van der Waals surface area (Å²) in [5.74, 6) is -1.01. The zero-order valence-electron chi connectivity index (χ0n) is 16.2. The van der Waals surface area contributed by atoms with Gasteiger partial charge in [0.05, 0.1) is 17.1 Å². The molecule has 2 aliphatic rings. The summed E-state index contributed by atoms with van der Waals surface area (Å²) in [6.07, 6.45) is 1.28. The number of carbonyl (C=O) groups excluding carboxylic acids is 1. The van der Waals surface area contributed by atoms with Crippen molar-refractivity contribution in [2.45, 2.75) is 31.3 Å². The highest BCUT2D eigenvalue weighted by atomic mass is 35.5. The minimum Gasteiger partial charge on any atom is -0.490 e. The normalized spacial score (nSPS) is 18.0. The third-order valence-corrected chi connectivity index (χ3v) is 5.90. The minimum atomic E-state index is -1.12. The van der Waals surface area contributed by atoms with Crippen LogP contribution in [0.3, 0.4) is 0 Å². The molecule has 0 radical (unpaired) electrons. The number of hydrogen-bond acceptors (Lipinski definition) is 5. The van der Waals surface area contributed by atoms with E-state index in [2.05, 4.69) is 5.32 Å². The summed E-state index contributed by atoms with van der Waals surface area (Å²) < 4.78 is 34.3. The molecule has 30 heavy (non-hydrogen) atoms. The standard InChI is InChI=1S/C21H22ClF2N3O3/c22-12-1-3-16(14(23)9-12)27-7-5-21(29,6-8-27)11-30-17-10-15(25)19(24)20-13(17)2-4-18(28)26-20/h1,3,9-10,29H,2,4-8,11,25H2,(H,26,28). The van der Waals surface area contributed by atoms with E-state index in [4.69, 9.17) is 22.1 Å². The number of piperidine rings is 1. The quantitative estimate of drug-likeness (QED) is 0.637. The molecule has 0 aromatic heterocycles. The molecule has 0 saturated carbocycles. The maximum atomic E-state index is 14.3. The topological polar surface area (TPSA) is 87.8 Å². The van der Waals surface area contributed by atoms with E-state index in [0.717, 1.165) is 0 Å². The van der Waals surface area contributed by atoms with Crippen LogP contribution in [0.1, 0.15) is 24.8 Å². The lowest BCUT2D eigenvalue weighted by atomic mass is 9.92. The molecular weight excluding hydrogens is 416 g/mol. The molecule has 2 aromatic carbocycles. The third kappa shape index (κ3) is 4.02. The second-order valence-corrected chi connectivity index (χ2v) is 8.21. The smallest absolute Gasteiger partial charge is 0.224 e. The number of hydrogen-bond donors (Lipinski definition) is 3. The molecule has 2 heterocycles. The highest BCUT2D eigenvalue weighted by Gasteiger charge is 2.35. The van der Waals surface area contributed by atoms with Crippen LogP contribution in [-0.4, -0.2) is 36.3 Å². The van der Waals surface area contributed by atoms with Crippen LogP contribution in [0.4, 0.5) is 25.8 Å². The van der Waals surface area contributed by atoms with Gasteiger partial charge in [0.25, 0.3) is 0 Å². The second kappa shape index (κ2) is 7.92. The third-order valence-electron chi connectivity index (χ3n) is 5.67. The van der Waals surface area contributed by atoms with Crippen LogP contribution in [0.5, 0.6) is 5.75 Å². The van der Waals surface area contributed by atoms with E-state index in [9.17, 15) is 18.7 Å². The fourth-order valence-corrected chi connectivity index (χ4v) is 4.06. The summed E-state index contributed by atoms with van der Waals surface area (Å²) in [7, 11) is 0. The first-order valence-corrected chi connectivity index (χ1v) is 10.1. The zero-order chi connectivity index (χ0) is 21.5. The van der Waals surface area contributed by atoms with Crippen molar-refractivity contribution < 1.29 is 23.4 Å². The van der Waals surface area contributed by atoms with Crippen LogP contribution in [-0.2, 0) is 11.2 Å². The van der Waals surface area contributed by atoms with Crippen LogP contribution in [0, 0.1) is 11.6 Å². The van der Waals surface area contributed by atoms with Crippen LogP contribution in [0.15, 0.2) is 24.3 Å². The molecule has 0 bridgehead atoms. The van der Waals surface area contributed by atoms with Crippen molar-refractivity contribution in [3.8, 4) is 5.75 Å². The van der Waals surface area contributed by atoms with Gasteiger partial charge in [-0.25, -0.2) is 8.78 Å². The van der Waals surface area contributed by atoms with Crippen molar-refractivity contribution in [3.05, 3.63) is 46.5 Å². The summed E-state index contributed by atoms with van der Waals surface area (Å²) in [5, 5.41) is 13.8. The van der Waals surface area contributed by atoms with Gasteiger partial charge in [0.15, 0.2) is 5.82 Å². The lowest BCUT2D eigenvalue weighted by Crippen LogP contribution is -2.48. The number of nitrogens with two attached hydrogens (primary N) is 1. The van der Waals surface area contributed by atoms with Gasteiger partial charge in [-0.05, 0) is 37.5 Å². The molecule has 2 aliphatic heterocycles. The van der Waals surface area contributed by atoms with Gasteiger partial charge in [-0.3, -0.25) is 4.79 Å². The Kier molecular flexibility index (Phi) is 5.46. The van der Waals surface area contributed by atoms with Gasteiger partial charge in [0.1, 0.15) is 23.8 Å². The number of aliphatic hydroxyl groups is 1. The number of amides is 1. The molecule has 0 spiro atoms. The predicted octanol–water partition coefficient (Wildman–Crippen LogP) is 3.50. The molecule has 0 atom stereocenters. The van der Waals surface area contributed by atoms with E-state index < -0.39 is 17.2 Å². The first-order valence-electron chi connectivity index (χ1n) is 9.72. The lowest BCUT2D eigenvalue weighted by Gasteiger charge is -2.39. The number of halogens is 3. The van der Waals surface area contributed by atoms with Crippen molar-refractivity contribution in [2.24, 2.45) is 0 Å². The average molecular weight is 438 g/mol. The number of nitrogen functional groups attached to an aromatic ring is 1. The van der Waals surface area contributed by atoms with Gasteiger partial charge < -0.3 is 25.8 Å². The molecule has 2 aromatic rings. The Bertz CT molecular complexity index is 994. The number of anilines is 3. The maximum Gasteiger partial charge on any atom is 0.224 e. The van der Waals surface area contributed by atoms with Crippen molar-refractivity contribution in [1.29, 1.82) is 0 Å². The van der Waals surface area contributed by atoms with Crippen LogP contribution in [0.25, 0.3) is 0 Å². The largest absolute Gasteiger partial charge is 0.490 e. The fraction of sp³-hybridized carbons (Fsp3) is 0.381. The monoisotopic (exact) mass is 437 g/mol. The molecule has 6 nitrogen and oxygen atoms in total. The number of fused-ring (bicyclic) bond motifs is 1. The zero-order valence-corrected chi connectivity index (χ0v) is 16.9. The number of ether oxygens (including phenoxy) is 1.